The van der Waals surface area contributed by atoms with Crippen molar-refractivity contribution in [2.45, 2.75) is 4.90 Å². The summed E-state index contributed by atoms with van der Waals surface area (Å²) in [5.41, 5.74) is 10.2. The molecule has 0 aliphatic heterocycles. The molecule has 6 nitrogen and oxygen atoms in total. The molecule has 1 aromatic rings. The SMILES string of the molecule is CN(P(N)(N)=O)S(=O)(=O)c1ccccc1. The van der Waals surface area contributed by atoms with Crippen molar-refractivity contribution < 1.29 is 13.0 Å². The predicted molar refractivity (Wildman–Crippen MR) is 57.4 cm³/mol. The van der Waals surface area contributed by atoms with E-state index < -0.39 is 17.6 Å². The molecule has 0 amide bonds. The number of nitrogens with two attached hydrogens (primary N) is 2. The van der Waals surface area contributed by atoms with Crippen molar-refractivity contribution in [3.05, 3.63) is 30.3 Å². The molecule has 0 saturated carbocycles. The van der Waals surface area contributed by atoms with Crippen LogP contribution in [-0.4, -0.2) is 19.5 Å². The molecule has 4 N–H and O–H groups in total. The highest BCUT2D eigenvalue weighted by Crippen LogP contribution is 2.35. The Morgan fingerprint density at radius 3 is 2.07 bits per heavy atom. The molecule has 0 heterocycles. The monoisotopic (exact) mass is 249 g/mol. The average molecular weight is 249 g/mol. The second-order valence-electron chi connectivity index (χ2n) is 2.92. The zero-order valence-electron chi connectivity index (χ0n) is 8.07. The predicted octanol–water partition coefficient (Wildman–Crippen LogP) is 0.333. The molecular weight excluding hydrogens is 237 g/mol. The largest absolute Gasteiger partial charge is 0.289 e. The molecule has 0 aliphatic carbocycles. The molecule has 0 radical (unpaired) electrons. The Morgan fingerprint density at radius 2 is 1.67 bits per heavy atom. The van der Waals surface area contributed by atoms with Crippen molar-refractivity contribution in [3.8, 4) is 0 Å². The van der Waals surface area contributed by atoms with Crippen LogP contribution in [0.4, 0.5) is 0 Å². The summed E-state index contributed by atoms with van der Waals surface area (Å²) in [6.07, 6.45) is 0. The first-order chi connectivity index (χ1) is 6.76. The van der Waals surface area contributed by atoms with Crippen molar-refractivity contribution in [2.24, 2.45) is 11.0 Å². The molecule has 0 aliphatic rings. The Hall–Kier alpha value is -0.720. The standard InChI is InChI=1S/C7H12N3O3PS/c1-10(14(8,9)11)15(12,13)7-5-3-2-4-6-7/h2-6H,1H3,(H4,8,9,11). The number of benzene rings is 1. The summed E-state index contributed by atoms with van der Waals surface area (Å²) in [5.74, 6) is 0. The molecule has 84 valence electrons. The Balaban J connectivity index is 3.22. The third-order valence-electron chi connectivity index (χ3n) is 1.83. The first-order valence-corrected chi connectivity index (χ1v) is 7.21. The van der Waals surface area contributed by atoms with Gasteiger partial charge in [0.1, 0.15) is 0 Å². The molecule has 0 saturated heterocycles. The van der Waals surface area contributed by atoms with Gasteiger partial charge >= 0.3 is 0 Å². The highest BCUT2D eigenvalue weighted by atomic mass is 32.2. The van der Waals surface area contributed by atoms with E-state index in [9.17, 15) is 13.0 Å². The van der Waals surface area contributed by atoms with Gasteiger partial charge in [0.25, 0.3) is 7.59 Å². The van der Waals surface area contributed by atoms with E-state index in [-0.39, 0.29) is 4.90 Å². The fraction of sp³-hybridized carbons (Fsp3) is 0.143. The lowest BCUT2D eigenvalue weighted by Crippen LogP contribution is -2.31. The van der Waals surface area contributed by atoms with Crippen molar-refractivity contribution in [2.75, 3.05) is 7.05 Å². The van der Waals surface area contributed by atoms with Gasteiger partial charge in [-0.25, -0.2) is 8.42 Å². The second kappa shape index (κ2) is 4.03. The molecule has 1 aromatic carbocycles. The van der Waals surface area contributed by atoms with Crippen molar-refractivity contribution in [1.29, 1.82) is 0 Å². The Morgan fingerprint density at radius 1 is 1.20 bits per heavy atom. The molecule has 0 aromatic heterocycles. The number of rotatable bonds is 3. The summed E-state index contributed by atoms with van der Waals surface area (Å²) in [6.45, 7) is 0. The van der Waals surface area contributed by atoms with Gasteiger partial charge in [0.2, 0.25) is 10.0 Å². The maximum absolute atomic E-state index is 11.8. The Labute approximate surface area is 88.5 Å². The van der Waals surface area contributed by atoms with Crippen LogP contribution in [0.5, 0.6) is 0 Å². The molecule has 0 unspecified atom stereocenters. The zero-order chi connectivity index (χ0) is 11.7. The molecule has 15 heavy (non-hydrogen) atoms. The van der Waals surface area contributed by atoms with Crippen molar-refractivity contribution in [3.63, 3.8) is 0 Å². The van der Waals surface area contributed by atoms with E-state index in [1.165, 1.54) is 12.1 Å². The summed E-state index contributed by atoms with van der Waals surface area (Å²) < 4.78 is 35.3. The van der Waals surface area contributed by atoms with Gasteiger partial charge in [-0.2, -0.15) is 0 Å². The van der Waals surface area contributed by atoms with E-state index in [2.05, 4.69) is 0 Å². The van der Waals surface area contributed by atoms with Crippen LogP contribution in [-0.2, 0) is 14.6 Å². The minimum Gasteiger partial charge on any atom is -0.270 e. The Bertz CT molecular complexity index is 481. The summed E-state index contributed by atoms with van der Waals surface area (Å²) in [4.78, 5) is 0.00336. The van der Waals surface area contributed by atoms with Gasteiger partial charge in [-0.05, 0) is 12.1 Å². The summed E-state index contributed by atoms with van der Waals surface area (Å²) in [7, 11) is -6.59. The second-order valence-corrected chi connectivity index (χ2v) is 7.11. The normalized spacial score (nSPS) is 13.1. The first-order valence-electron chi connectivity index (χ1n) is 3.98. The van der Waals surface area contributed by atoms with Crippen LogP contribution in [0.2, 0.25) is 0 Å². The molecule has 1 rings (SSSR count). The topological polar surface area (TPSA) is 106 Å². The minimum atomic E-state index is -3.88. The Kier molecular flexibility index (Phi) is 3.32. The first kappa shape index (κ1) is 12.4. The smallest absolute Gasteiger partial charge is 0.270 e. The van der Waals surface area contributed by atoms with Crippen LogP contribution in [0.1, 0.15) is 0 Å². The van der Waals surface area contributed by atoms with Crippen LogP contribution in [0.25, 0.3) is 0 Å². The van der Waals surface area contributed by atoms with E-state index in [4.69, 9.17) is 11.0 Å². The quantitative estimate of drug-likeness (QED) is 0.751. The fourth-order valence-corrected chi connectivity index (χ4v) is 3.35. The maximum atomic E-state index is 11.8. The van der Waals surface area contributed by atoms with E-state index in [0.717, 1.165) is 7.05 Å². The molecule has 0 bridgehead atoms. The minimum absolute atomic E-state index is 0.00336. The molecular formula is C7H12N3O3PS. The van der Waals surface area contributed by atoms with E-state index in [1.807, 2.05) is 0 Å². The third-order valence-corrected chi connectivity index (χ3v) is 5.68. The van der Waals surface area contributed by atoms with Crippen LogP contribution in [0.15, 0.2) is 35.2 Å². The van der Waals surface area contributed by atoms with Gasteiger partial charge in [-0.15, -0.1) is 4.08 Å². The van der Waals surface area contributed by atoms with Crippen LogP contribution < -0.4 is 11.0 Å². The van der Waals surface area contributed by atoms with E-state index in [1.54, 1.807) is 18.2 Å². The van der Waals surface area contributed by atoms with Crippen LogP contribution >= 0.6 is 7.59 Å². The average Bonchev–Trinajstić information content (AvgIpc) is 2.16. The molecule has 0 spiro atoms. The van der Waals surface area contributed by atoms with Gasteiger partial charge in [0.15, 0.2) is 0 Å². The maximum Gasteiger partial charge on any atom is 0.289 e. The zero-order valence-corrected chi connectivity index (χ0v) is 9.78. The van der Waals surface area contributed by atoms with Gasteiger partial charge in [-0.3, -0.25) is 15.6 Å². The van der Waals surface area contributed by atoms with Gasteiger partial charge in [-0.1, -0.05) is 18.2 Å². The van der Waals surface area contributed by atoms with Crippen molar-refractivity contribution >= 4 is 17.6 Å². The molecule has 0 fully saturated rings. The van der Waals surface area contributed by atoms with Gasteiger partial charge < -0.3 is 0 Å². The lowest BCUT2D eigenvalue weighted by molar-refractivity contribution is 0.522. The summed E-state index contributed by atoms with van der Waals surface area (Å²) in [6, 6.07) is 7.53. The van der Waals surface area contributed by atoms with Crippen LogP contribution in [0, 0.1) is 0 Å². The number of sulfonamides is 1. The van der Waals surface area contributed by atoms with E-state index in [0.29, 0.717) is 4.08 Å². The van der Waals surface area contributed by atoms with Gasteiger partial charge in [0, 0.05) is 7.05 Å². The van der Waals surface area contributed by atoms with Gasteiger partial charge in [0.05, 0.1) is 4.90 Å². The van der Waals surface area contributed by atoms with Crippen molar-refractivity contribution in [1.82, 2.24) is 4.08 Å². The highest BCUT2D eigenvalue weighted by molar-refractivity contribution is 7.94. The number of hydrogen-bond donors (Lipinski definition) is 2. The van der Waals surface area contributed by atoms with E-state index >= 15 is 0 Å². The molecule has 0 atom stereocenters. The summed E-state index contributed by atoms with van der Waals surface area (Å²) in [5, 5.41) is 0. The number of nitrogens with zero attached hydrogens (tertiary/aromatic N) is 1. The molecule has 8 heteroatoms. The lowest BCUT2D eigenvalue weighted by atomic mass is 10.4. The summed E-state index contributed by atoms with van der Waals surface area (Å²) >= 11 is 0. The van der Waals surface area contributed by atoms with Crippen LogP contribution in [0.3, 0.4) is 0 Å². The highest BCUT2D eigenvalue weighted by Gasteiger charge is 2.30. The fourth-order valence-electron chi connectivity index (χ4n) is 0.913. The number of hydrogen-bond acceptors (Lipinski definition) is 3. The lowest BCUT2D eigenvalue weighted by Gasteiger charge is -2.19. The third kappa shape index (κ3) is 2.64.